The van der Waals surface area contributed by atoms with Crippen molar-refractivity contribution in [1.29, 1.82) is 0 Å². The molecule has 0 aliphatic heterocycles. The third-order valence-electron chi connectivity index (χ3n) is 2.95. The zero-order chi connectivity index (χ0) is 15.6. The Bertz CT molecular complexity index is 779. The Hall–Kier alpha value is -2.15. The number of nitrogens with zero attached hydrogens (tertiary/aromatic N) is 1. The minimum absolute atomic E-state index is 0.0193. The summed E-state index contributed by atoms with van der Waals surface area (Å²) in [5.74, 6) is 0.112. The van der Waals surface area contributed by atoms with Gasteiger partial charge in [-0.15, -0.1) is 0 Å². The second-order valence-corrected chi connectivity index (χ2v) is 7.03. The third kappa shape index (κ3) is 3.91. The first kappa shape index (κ1) is 15.2. The summed E-state index contributed by atoms with van der Waals surface area (Å²) in [7, 11) is -3.37. The van der Waals surface area contributed by atoms with E-state index in [1.165, 1.54) is 0 Å². The zero-order valence-electron chi connectivity index (χ0n) is 12.1. The number of sulfone groups is 1. The fourth-order valence-electron chi connectivity index (χ4n) is 2.00. The van der Waals surface area contributed by atoms with Crippen LogP contribution in [0.5, 0.6) is 0 Å². The van der Waals surface area contributed by atoms with Gasteiger partial charge >= 0.3 is 0 Å². The van der Waals surface area contributed by atoms with Gasteiger partial charge in [0.1, 0.15) is 0 Å². The molecular weight excluding hydrogens is 290 g/mol. The van der Waals surface area contributed by atoms with Crippen molar-refractivity contribution < 1.29 is 13.2 Å². The van der Waals surface area contributed by atoms with E-state index in [1.54, 1.807) is 24.3 Å². The van der Waals surface area contributed by atoms with E-state index in [-0.39, 0.29) is 17.2 Å². The molecule has 0 unspecified atom stereocenters. The zero-order valence-corrected chi connectivity index (χ0v) is 12.9. The van der Waals surface area contributed by atoms with E-state index in [4.69, 9.17) is 0 Å². The predicted octanol–water partition coefficient (Wildman–Crippen LogP) is 1.61. The molecule has 0 aliphatic carbocycles. The molecule has 0 aliphatic rings. The minimum atomic E-state index is -3.37. The van der Waals surface area contributed by atoms with Crippen LogP contribution in [0.3, 0.4) is 0 Å². The number of nitrogens with one attached hydrogen (secondary N) is 2. The van der Waals surface area contributed by atoms with Crippen LogP contribution >= 0.6 is 0 Å². The number of anilines is 1. The van der Waals surface area contributed by atoms with Crippen molar-refractivity contribution in [2.45, 2.75) is 25.2 Å². The van der Waals surface area contributed by atoms with Gasteiger partial charge in [-0.2, -0.15) is 5.10 Å². The second kappa shape index (κ2) is 5.69. The van der Waals surface area contributed by atoms with Gasteiger partial charge in [-0.3, -0.25) is 9.89 Å². The summed E-state index contributed by atoms with van der Waals surface area (Å²) in [5, 5.41) is 9.26. The number of aromatic nitrogens is 2. The summed E-state index contributed by atoms with van der Waals surface area (Å²) in [6.07, 6.45) is 1.12. The van der Waals surface area contributed by atoms with E-state index < -0.39 is 9.84 Å². The molecule has 0 saturated carbocycles. The van der Waals surface area contributed by atoms with Crippen molar-refractivity contribution in [2.24, 2.45) is 0 Å². The van der Waals surface area contributed by atoms with Crippen molar-refractivity contribution in [3.8, 4) is 0 Å². The molecule has 0 spiro atoms. The van der Waals surface area contributed by atoms with Gasteiger partial charge in [0.05, 0.1) is 11.3 Å². The molecule has 0 fully saturated rings. The molecule has 2 rings (SSSR count). The fourth-order valence-corrected chi connectivity index (χ4v) is 3.01. The van der Waals surface area contributed by atoms with Gasteiger partial charge < -0.3 is 5.32 Å². The lowest BCUT2D eigenvalue weighted by atomic mass is 10.1. The number of aromatic amines is 1. The fraction of sp³-hybridized carbons (Fsp3) is 0.286. The first-order valence-corrected chi connectivity index (χ1v) is 8.26. The van der Waals surface area contributed by atoms with Crippen molar-refractivity contribution in [2.75, 3.05) is 11.6 Å². The van der Waals surface area contributed by atoms with Gasteiger partial charge in [-0.1, -0.05) is 12.1 Å². The molecule has 1 aromatic heterocycles. The van der Waals surface area contributed by atoms with Crippen molar-refractivity contribution in [3.05, 3.63) is 41.1 Å². The van der Waals surface area contributed by atoms with Crippen LogP contribution < -0.4 is 5.32 Å². The number of carbonyl (C=O) groups is 1. The number of rotatable bonds is 4. The van der Waals surface area contributed by atoms with Crippen LogP contribution in [0.25, 0.3) is 0 Å². The molecule has 1 amide bonds. The number of carbonyl (C=O) groups excluding carboxylic acids is 1. The SMILES string of the molecule is Cc1ccc(CC(=O)Nc2cc(C)[nH]n2)c(S(C)(=O)=O)c1. The standard InChI is InChI=1S/C14H17N3O3S/c1-9-4-5-11(12(6-9)21(3,19)20)8-14(18)15-13-7-10(2)16-17-13/h4-7H,8H2,1-3H3,(H2,15,16,17,18). The molecule has 2 N–H and O–H groups in total. The molecule has 7 heteroatoms. The highest BCUT2D eigenvalue weighted by atomic mass is 32.2. The van der Waals surface area contributed by atoms with E-state index >= 15 is 0 Å². The lowest BCUT2D eigenvalue weighted by Gasteiger charge is -2.09. The van der Waals surface area contributed by atoms with Crippen LogP contribution in [-0.4, -0.2) is 30.8 Å². The van der Waals surface area contributed by atoms with Crippen LogP contribution in [0.4, 0.5) is 5.82 Å². The minimum Gasteiger partial charge on any atom is -0.309 e. The van der Waals surface area contributed by atoms with Gasteiger partial charge in [0.2, 0.25) is 5.91 Å². The lowest BCUT2D eigenvalue weighted by molar-refractivity contribution is -0.115. The molecule has 0 bridgehead atoms. The Morgan fingerprint density at radius 1 is 1.29 bits per heavy atom. The van der Waals surface area contributed by atoms with Crippen LogP contribution in [-0.2, 0) is 21.1 Å². The molecule has 0 saturated heterocycles. The Labute approximate surface area is 123 Å². The van der Waals surface area contributed by atoms with Crippen LogP contribution in [0.1, 0.15) is 16.8 Å². The highest BCUT2D eigenvalue weighted by molar-refractivity contribution is 7.90. The molecule has 0 radical (unpaired) electrons. The molecule has 1 aromatic carbocycles. The Kier molecular flexibility index (Phi) is 4.13. The molecule has 0 atom stereocenters. The number of benzene rings is 1. The number of aryl methyl sites for hydroxylation is 2. The molecule has 6 nitrogen and oxygen atoms in total. The first-order chi connectivity index (χ1) is 9.75. The molecule has 2 aromatic rings. The Morgan fingerprint density at radius 3 is 2.57 bits per heavy atom. The predicted molar refractivity (Wildman–Crippen MR) is 79.9 cm³/mol. The summed E-state index contributed by atoms with van der Waals surface area (Å²) < 4.78 is 23.6. The number of amides is 1. The van der Waals surface area contributed by atoms with E-state index in [0.29, 0.717) is 11.4 Å². The first-order valence-electron chi connectivity index (χ1n) is 6.37. The van der Waals surface area contributed by atoms with Crippen LogP contribution in [0.15, 0.2) is 29.2 Å². The van der Waals surface area contributed by atoms with Gasteiger partial charge in [-0.05, 0) is 31.0 Å². The van der Waals surface area contributed by atoms with Crippen LogP contribution in [0.2, 0.25) is 0 Å². The van der Waals surface area contributed by atoms with Crippen LogP contribution in [0, 0.1) is 13.8 Å². The number of hydrogen-bond acceptors (Lipinski definition) is 4. The molecule has 112 valence electrons. The van der Waals surface area contributed by atoms with E-state index in [1.807, 2.05) is 13.8 Å². The molecule has 1 heterocycles. The van der Waals surface area contributed by atoms with Crippen molar-refractivity contribution in [3.63, 3.8) is 0 Å². The summed E-state index contributed by atoms with van der Waals surface area (Å²) >= 11 is 0. The quantitative estimate of drug-likeness (QED) is 0.897. The maximum absolute atomic E-state index is 12.0. The van der Waals surface area contributed by atoms with Gasteiger partial charge in [-0.25, -0.2) is 8.42 Å². The number of hydrogen-bond donors (Lipinski definition) is 2. The summed E-state index contributed by atoms with van der Waals surface area (Å²) in [4.78, 5) is 12.2. The monoisotopic (exact) mass is 307 g/mol. The van der Waals surface area contributed by atoms with Gasteiger partial charge in [0.15, 0.2) is 15.7 Å². The smallest absolute Gasteiger partial charge is 0.230 e. The third-order valence-corrected chi connectivity index (χ3v) is 4.13. The summed E-state index contributed by atoms with van der Waals surface area (Å²) in [6, 6.07) is 6.73. The van der Waals surface area contributed by atoms with Gasteiger partial charge in [0.25, 0.3) is 0 Å². The van der Waals surface area contributed by atoms with Gasteiger partial charge in [0, 0.05) is 18.0 Å². The summed E-state index contributed by atoms with van der Waals surface area (Å²) in [6.45, 7) is 3.63. The maximum atomic E-state index is 12.0. The van der Waals surface area contributed by atoms with Crippen molar-refractivity contribution >= 4 is 21.6 Å². The van der Waals surface area contributed by atoms with E-state index in [9.17, 15) is 13.2 Å². The largest absolute Gasteiger partial charge is 0.309 e. The lowest BCUT2D eigenvalue weighted by Crippen LogP contribution is -2.16. The molecular formula is C14H17N3O3S. The average Bonchev–Trinajstić information content (AvgIpc) is 2.75. The average molecular weight is 307 g/mol. The topological polar surface area (TPSA) is 91.9 Å². The number of H-pyrrole nitrogens is 1. The highest BCUT2D eigenvalue weighted by Gasteiger charge is 2.16. The Morgan fingerprint density at radius 2 is 2.00 bits per heavy atom. The maximum Gasteiger partial charge on any atom is 0.230 e. The van der Waals surface area contributed by atoms with E-state index in [2.05, 4.69) is 15.5 Å². The normalized spacial score (nSPS) is 11.4. The van der Waals surface area contributed by atoms with Crippen molar-refractivity contribution in [1.82, 2.24) is 10.2 Å². The van der Waals surface area contributed by atoms with E-state index in [0.717, 1.165) is 17.5 Å². The summed E-state index contributed by atoms with van der Waals surface area (Å²) in [5.41, 5.74) is 2.15. The molecule has 21 heavy (non-hydrogen) atoms. The Balaban J connectivity index is 2.21. The second-order valence-electron chi connectivity index (χ2n) is 5.04. The highest BCUT2D eigenvalue weighted by Crippen LogP contribution is 2.18.